The first-order valence-electron chi connectivity index (χ1n) is 6.13. The summed E-state index contributed by atoms with van der Waals surface area (Å²) in [5.41, 5.74) is 7.08. The van der Waals surface area contributed by atoms with Crippen molar-refractivity contribution in [1.29, 1.82) is 0 Å². The van der Waals surface area contributed by atoms with Gasteiger partial charge in [0.05, 0.1) is 0 Å². The summed E-state index contributed by atoms with van der Waals surface area (Å²) in [7, 11) is 0. The van der Waals surface area contributed by atoms with Gasteiger partial charge in [0.2, 0.25) is 5.91 Å². The van der Waals surface area contributed by atoms with E-state index in [9.17, 15) is 9.18 Å². The molecule has 102 valence electrons. The molecule has 1 aliphatic rings. The molecule has 0 spiro atoms. The van der Waals surface area contributed by atoms with E-state index in [1.54, 1.807) is 6.07 Å². The largest absolute Gasteiger partial charge is 0.389 e. The van der Waals surface area contributed by atoms with Gasteiger partial charge in [0.25, 0.3) is 0 Å². The SMILES string of the molecule is NC(=S)c1cc(F)ccc1CN1CCNC(=O)CC1. The number of thiocarbonyl (C=S) groups is 1. The second-order valence-corrected chi connectivity index (χ2v) is 4.98. The molecule has 6 heteroatoms. The number of benzene rings is 1. The lowest BCUT2D eigenvalue weighted by Crippen LogP contribution is -2.29. The molecule has 3 N–H and O–H groups in total. The van der Waals surface area contributed by atoms with Crippen LogP contribution in [0.15, 0.2) is 18.2 Å². The van der Waals surface area contributed by atoms with E-state index < -0.39 is 0 Å². The topological polar surface area (TPSA) is 58.4 Å². The Balaban J connectivity index is 2.14. The third-order valence-corrected chi connectivity index (χ3v) is 3.36. The fourth-order valence-electron chi connectivity index (χ4n) is 2.13. The van der Waals surface area contributed by atoms with Crippen molar-refractivity contribution in [1.82, 2.24) is 10.2 Å². The summed E-state index contributed by atoms with van der Waals surface area (Å²) < 4.78 is 13.2. The predicted molar refractivity (Wildman–Crippen MR) is 75.2 cm³/mol. The van der Waals surface area contributed by atoms with Crippen LogP contribution in [-0.4, -0.2) is 35.4 Å². The van der Waals surface area contributed by atoms with Gasteiger partial charge in [-0.25, -0.2) is 4.39 Å². The van der Waals surface area contributed by atoms with Crippen LogP contribution < -0.4 is 11.1 Å². The summed E-state index contributed by atoms with van der Waals surface area (Å²) in [5, 5.41) is 2.82. The van der Waals surface area contributed by atoms with Crippen LogP contribution in [-0.2, 0) is 11.3 Å². The quantitative estimate of drug-likeness (QED) is 0.804. The van der Waals surface area contributed by atoms with Gasteiger partial charge in [-0.15, -0.1) is 0 Å². The molecule has 0 aromatic heterocycles. The Morgan fingerprint density at radius 3 is 3.00 bits per heavy atom. The average molecular weight is 281 g/mol. The predicted octanol–water partition coefficient (Wildman–Crippen LogP) is 0.782. The normalized spacial score (nSPS) is 16.8. The summed E-state index contributed by atoms with van der Waals surface area (Å²) in [5.74, 6) is -0.282. The molecule has 1 fully saturated rings. The van der Waals surface area contributed by atoms with Crippen molar-refractivity contribution < 1.29 is 9.18 Å². The number of carbonyl (C=O) groups is 1. The monoisotopic (exact) mass is 281 g/mol. The number of hydrogen-bond acceptors (Lipinski definition) is 3. The smallest absolute Gasteiger partial charge is 0.221 e. The molecular weight excluding hydrogens is 265 g/mol. The Bertz CT molecular complexity index is 507. The summed E-state index contributed by atoms with van der Waals surface area (Å²) >= 11 is 4.95. The second-order valence-electron chi connectivity index (χ2n) is 4.54. The van der Waals surface area contributed by atoms with Crippen LogP contribution >= 0.6 is 12.2 Å². The lowest BCUT2D eigenvalue weighted by atomic mass is 10.1. The third-order valence-electron chi connectivity index (χ3n) is 3.14. The van der Waals surface area contributed by atoms with E-state index in [0.29, 0.717) is 31.6 Å². The molecule has 1 heterocycles. The lowest BCUT2D eigenvalue weighted by Gasteiger charge is -2.20. The molecule has 0 bridgehead atoms. The van der Waals surface area contributed by atoms with E-state index in [2.05, 4.69) is 10.2 Å². The number of nitrogens with zero attached hydrogens (tertiary/aromatic N) is 1. The Hall–Kier alpha value is -1.53. The maximum absolute atomic E-state index is 13.2. The first-order valence-corrected chi connectivity index (χ1v) is 6.54. The van der Waals surface area contributed by atoms with Gasteiger partial charge < -0.3 is 11.1 Å². The van der Waals surface area contributed by atoms with Crippen LogP contribution in [0, 0.1) is 5.82 Å². The zero-order valence-electron chi connectivity index (χ0n) is 10.5. The molecule has 1 aromatic rings. The van der Waals surface area contributed by atoms with Gasteiger partial charge in [-0.2, -0.15) is 0 Å². The zero-order chi connectivity index (χ0) is 13.8. The van der Waals surface area contributed by atoms with Crippen LogP contribution in [0.3, 0.4) is 0 Å². The molecule has 19 heavy (non-hydrogen) atoms. The minimum absolute atomic E-state index is 0.0659. The molecule has 1 amide bonds. The summed E-state index contributed by atoms with van der Waals surface area (Å²) in [6.45, 7) is 2.68. The number of carbonyl (C=O) groups excluding carboxylic acids is 1. The lowest BCUT2D eigenvalue weighted by molar-refractivity contribution is -0.120. The average Bonchev–Trinajstić information content (AvgIpc) is 2.56. The molecule has 0 atom stereocenters. The van der Waals surface area contributed by atoms with Crippen LogP contribution in [0.2, 0.25) is 0 Å². The fourth-order valence-corrected chi connectivity index (χ4v) is 2.32. The van der Waals surface area contributed by atoms with E-state index >= 15 is 0 Å². The van der Waals surface area contributed by atoms with Gasteiger partial charge >= 0.3 is 0 Å². The van der Waals surface area contributed by atoms with E-state index in [0.717, 1.165) is 12.1 Å². The molecule has 0 aliphatic carbocycles. The van der Waals surface area contributed by atoms with Gasteiger partial charge in [0, 0.05) is 38.2 Å². The molecule has 0 unspecified atom stereocenters. The summed E-state index contributed by atoms with van der Waals surface area (Å²) in [6, 6.07) is 4.46. The van der Waals surface area contributed by atoms with E-state index in [1.165, 1.54) is 12.1 Å². The molecule has 0 radical (unpaired) electrons. The van der Waals surface area contributed by atoms with Gasteiger partial charge in [-0.1, -0.05) is 18.3 Å². The molecule has 2 rings (SSSR count). The Morgan fingerprint density at radius 1 is 1.47 bits per heavy atom. The van der Waals surface area contributed by atoms with Crippen molar-refractivity contribution in [3.05, 3.63) is 35.1 Å². The van der Waals surface area contributed by atoms with E-state index in [4.69, 9.17) is 18.0 Å². The molecular formula is C13H16FN3OS. The highest BCUT2D eigenvalue weighted by Crippen LogP contribution is 2.14. The first kappa shape index (κ1) is 13.9. The number of hydrogen-bond donors (Lipinski definition) is 2. The highest BCUT2D eigenvalue weighted by Gasteiger charge is 2.15. The number of nitrogens with two attached hydrogens (primary N) is 1. The van der Waals surface area contributed by atoms with E-state index in [-0.39, 0.29) is 16.7 Å². The van der Waals surface area contributed by atoms with Crippen molar-refractivity contribution in [2.45, 2.75) is 13.0 Å². The maximum atomic E-state index is 13.2. The first-order chi connectivity index (χ1) is 9.06. The highest BCUT2D eigenvalue weighted by molar-refractivity contribution is 7.80. The van der Waals surface area contributed by atoms with Crippen molar-refractivity contribution in [2.24, 2.45) is 5.73 Å². The third kappa shape index (κ3) is 3.71. The van der Waals surface area contributed by atoms with Crippen LogP contribution in [0.5, 0.6) is 0 Å². The molecule has 1 aliphatic heterocycles. The van der Waals surface area contributed by atoms with Crippen LogP contribution in [0.4, 0.5) is 4.39 Å². The zero-order valence-corrected chi connectivity index (χ0v) is 11.3. The van der Waals surface area contributed by atoms with E-state index in [1.807, 2.05) is 0 Å². The highest BCUT2D eigenvalue weighted by atomic mass is 32.1. The van der Waals surface area contributed by atoms with Crippen molar-refractivity contribution >= 4 is 23.1 Å². The standard InChI is InChI=1S/C13H16FN3OS/c14-10-2-1-9(11(7-10)13(15)19)8-17-5-3-12(18)16-4-6-17/h1-2,7H,3-6,8H2,(H2,15,19)(H,16,18). The summed E-state index contributed by atoms with van der Waals surface area (Å²) in [4.78, 5) is 13.6. The van der Waals surface area contributed by atoms with Gasteiger partial charge in [0.15, 0.2) is 0 Å². The number of amides is 1. The fraction of sp³-hybridized carbons (Fsp3) is 0.385. The van der Waals surface area contributed by atoms with Crippen molar-refractivity contribution in [3.63, 3.8) is 0 Å². The minimum Gasteiger partial charge on any atom is -0.389 e. The van der Waals surface area contributed by atoms with Gasteiger partial charge in [0.1, 0.15) is 10.8 Å². The molecule has 4 nitrogen and oxygen atoms in total. The summed E-state index contributed by atoms with van der Waals surface area (Å²) in [6.07, 6.45) is 0.476. The number of rotatable bonds is 3. The van der Waals surface area contributed by atoms with Gasteiger partial charge in [-0.05, 0) is 17.7 Å². The Morgan fingerprint density at radius 2 is 2.26 bits per heavy atom. The number of nitrogens with one attached hydrogen (secondary N) is 1. The van der Waals surface area contributed by atoms with Crippen molar-refractivity contribution in [3.8, 4) is 0 Å². The Kier molecular flexibility index (Phi) is 4.44. The molecule has 0 saturated carbocycles. The minimum atomic E-state index is -0.348. The van der Waals surface area contributed by atoms with Crippen LogP contribution in [0.1, 0.15) is 17.5 Å². The number of halogens is 1. The maximum Gasteiger partial charge on any atom is 0.221 e. The second kappa shape index (κ2) is 6.08. The molecule has 1 saturated heterocycles. The van der Waals surface area contributed by atoms with Crippen LogP contribution in [0.25, 0.3) is 0 Å². The van der Waals surface area contributed by atoms with Crippen molar-refractivity contribution in [2.75, 3.05) is 19.6 Å². The molecule has 1 aromatic carbocycles. The van der Waals surface area contributed by atoms with Gasteiger partial charge in [-0.3, -0.25) is 9.69 Å². The Labute approximate surface area is 116 Å².